The van der Waals surface area contributed by atoms with E-state index in [1.807, 2.05) is 0 Å². The van der Waals surface area contributed by atoms with Crippen LogP contribution in [0.4, 0.5) is 8.78 Å². The van der Waals surface area contributed by atoms with Crippen LogP contribution in [0.1, 0.15) is 20.8 Å². The number of carbonyl (C=O) groups excluding carboxylic acids is 2. The molecule has 0 aliphatic heterocycles. The summed E-state index contributed by atoms with van der Waals surface area (Å²) < 4.78 is 39.1. The molecule has 0 fully saturated rings. The number of methoxy groups -OCH3 is 2. The van der Waals surface area contributed by atoms with Gasteiger partial charge >= 0.3 is 11.9 Å². The summed E-state index contributed by atoms with van der Waals surface area (Å²) in [5.41, 5.74) is -0.597. The molecular weight excluding hydrogens is 518 g/mol. The van der Waals surface area contributed by atoms with Gasteiger partial charge in [0, 0.05) is 4.47 Å². The van der Waals surface area contributed by atoms with E-state index >= 15 is 0 Å². The topological polar surface area (TPSA) is 70.4 Å². The summed E-state index contributed by atoms with van der Waals surface area (Å²) in [4.78, 5) is 25.1. The number of hydrogen-bond acceptors (Lipinski definition) is 5. The highest BCUT2D eigenvalue weighted by molar-refractivity contribution is 9.11. The molecule has 0 bridgehead atoms. The van der Waals surface area contributed by atoms with Gasteiger partial charge in [-0.25, -0.2) is 23.1 Å². The average Bonchev–Trinajstić information content (AvgIpc) is 3.11. The first-order valence-electron chi connectivity index (χ1n) is 8.00. The molecule has 0 radical (unpaired) electrons. The molecule has 0 N–H and O–H groups in total. The van der Waals surface area contributed by atoms with E-state index in [4.69, 9.17) is 9.47 Å². The van der Waals surface area contributed by atoms with Crippen LogP contribution in [0.15, 0.2) is 45.3 Å². The van der Waals surface area contributed by atoms with Gasteiger partial charge < -0.3 is 9.47 Å². The predicted molar refractivity (Wildman–Crippen MR) is 107 cm³/mol. The SMILES string of the molecule is COC(=O)c1c(-c2c(Br)cc(F)c(Br)c2F)nn(-c2ccccc2)c1C(=O)OC. The highest BCUT2D eigenvalue weighted by atomic mass is 79.9. The van der Waals surface area contributed by atoms with Gasteiger partial charge in [-0.15, -0.1) is 0 Å². The maximum Gasteiger partial charge on any atom is 0.357 e. The molecule has 0 spiro atoms. The van der Waals surface area contributed by atoms with Crippen LogP contribution < -0.4 is 0 Å². The van der Waals surface area contributed by atoms with Crippen LogP contribution in [-0.4, -0.2) is 35.9 Å². The van der Waals surface area contributed by atoms with E-state index in [1.165, 1.54) is 0 Å². The van der Waals surface area contributed by atoms with E-state index in [9.17, 15) is 18.4 Å². The maximum absolute atomic E-state index is 14.9. The Morgan fingerprint density at radius 2 is 1.66 bits per heavy atom. The Morgan fingerprint density at radius 3 is 2.24 bits per heavy atom. The van der Waals surface area contributed by atoms with Crippen molar-refractivity contribution < 1.29 is 27.8 Å². The minimum Gasteiger partial charge on any atom is -0.465 e. The number of carbonyl (C=O) groups is 2. The van der Waals surface area contributed by atoms with Crippen molar-refractivity contribution in [2.75, 3.05) is 14.2 Å². The Morgan fingerprint density at radius 1 is 1.03 bits per heavy atom. The van der Waals surface area contributed by atoms with Crippen LogP contribution in [0.2, 0.25) is 0 Å². The lowest BCUT2D eigenvalue weighted by atomic mass is 10.0. The van der Waals surface area contributed by atoms with E-state index in [-0.39, 0.29) is 27.0 Å². The molecule has 29 heavy (non-hydrogen) atoms. The Kier molecular flexibility index (Phi) is 6.13. The summed E-state index contributed by atoms with van der Waals surface area (Å²) >= 11 is 5.94. The summed E-state index contributed by atoms with van der Waals surface area (Å²) in [5, 5.41) is 4.28. The van der Waals surface area contributed by atoms with Crippen molar-refractivity contribution in [2.45, 2.75) is 0 Å². The predicted octanol–water partition coefficient (Wildman–Crippen LogP) is 4.92. The summed E-state index contributed by atoms with van der Waals surface area (Å²) in [6.07, 6.45) is 0. The van der Waals surface area contributed by atoms with E-state index in [2.05, 4.69) is 37.0 Å². The van der Waals surface area contributed by atoms with Crippen molar-refractivity contribution >= 4 is 43.8 Å². The second kappa shape index (κ2) is 8.42. The molecule has 0 aliphatic carbocycles. The van der Waals surface area contributed by atoms with Gasteiger partial charge in [0.1, 0.15) is 17.1 Å². The summed E-state index contributed by atoms with van der Waals surface area (Å²) in [6.45, 7) is 0. The van der Waals surface area contributed by atoms with Gasteiger partial charge in [0.05, 0.1) is 29.9 Å². The number of nitrogens with zero attached hydrogens (tertiary/aromatic N) is 2. The van der Waals surface area contributed by atoms with Crippen molar-refractivity contribution in [2.24, 2.45) is 0 Å². The van der Waals surface area contributed by atoms with E-state index in [0.29, 0.717) is 5.69 Å². The molecule has 2 aromatic carbocycles. The Labute approximate surface area is 180 Å². The Hall–Kier alpha value is -2.59. The number of halogens is 4. The first-order valence-corrected chi connectivity index (χ1v) is 9.58. The number of rotatable bonds is 4. The fourth-order valence-corrected chi connectivity index (χ4v) is 3.59. The van der Waals surface area contributed by atoms with Gasteiger partial charge in [-0.3, -0.25) is 0 Å². The van der Waals surface area contributed by atoms with Crippen LogP contribution in [-0.2, 0) is 9.47 Å². The quantitative estimate of drug-likeness (QED) is 0.273. The normalized spacial score (nSPS) is 10.7. The molecular formula is C19H12Br2F2N2O4. The third-order valence-electron chi connectivity index (χ3n) is 4.01. The summed E-state index contributed by atoms with van der Waals surface area (Å²) in [5.74, 6) is -3.68. The highest BCUT2D eigenvalue weighted by Gasteiger charge is 2.34. The number of aromatic nitrogens is 2. The Balaban J connectivity index is 2.46. The van der Waals surface area contributed by atoms with Crippen LogP contribution in [0, 0.1) is 11.6 Å². The molecule has 3 rings (SSSR count). The smallest absolute Gasteiger partial charge is 0.357 e. The molecule has 0 saturated carbocycles. The second-order valence-electron chi connectivity index (χ2n) is 5.65. The number of benzene rings is 2. The lowest BCUT2D eigenvalue weighted by molar-refractivity contribution is 0.0549. The molecule has 0 unspecified atom stereocenters. The lowest BCUT2D eigenvalue weighted by Crippen LogP contribution is -2.15. The fraction of sp³-hybridized carbons (Fsp3) is 0.105. The number of hydrogen-bond donors (Lipinski definition) is 0. The summed E-state index contributed by atoms with van der Waals surface area (Å²) in [7, 11) is 2.25. The largest absolute Gasteiger partial charge is 0.465 e. The number of para-hydroxylation sites is 1. The zero-order valence-electron chi connectivity index (χ0n) is 15.0. The van der Waals surface area contributed by atoms with E-state index < -0.39 is 28.0 Å². The van der Waals surface area contributed by atoms with Crippen LogP contribution in [0.3, 0.4) is 0 Å². The third kappa shape index (κ3) is 3.69. The van der Waals surface area contributed by atoms with Crippen molar-refractivity contribution in [1.29, 1.82) is 0 Å². The molecule has 150 valence electrons. The molecule has 1 aromatic heterocycles. The van der Waals surface area contributed by atoms with Gasteiger partial charge in [0.15, 0.2) is 11.5 Å². The molecule has 1 heterocycles. The minimum atomic E-state index is -1.00. The van der Waals surface area contributed by atoms with Gasteiger partial charge in [0.2, 0.25) is 0 Å². The standard InChI is InChI=1S/C19H12Br2F2N2O4/c1-28-18(26)13-16(12-10(20)8-11(22)14(21)15(12)23)24-25(17(13)19(27)29-2)9-6-4-3-5-7-9/h3-8H,1-2H3. The van der Waals surface area contributed by atoms with Crippen LogP contribution in [0.25, 0.3) is 16.9 Å². The molecule has 0 atom stereocenters. The molecule has 3 aromatic rings. The van der Waals surface area contributed by atoms with E-state index in [1.54, 1.807) is 30.3 Å². The summed E-state index contributed by atoms with van der Waals surface area (Å²) in [6, 6.07) is 9.43. The van der Waals surface area contributed by atoms with Gasteiger partial charge in [-0.05, 0) is 50.1 Å². The number of esters is 2. The Bertz CT molecular complexity index is 1120. The third-order valence-corrected chi connectivity index (χ3v) is 5.36. The van der Waals surface area contributed by atoms with Crippen molar-refractivity contribution in [3.05, 3.63) is 68.2 Å². The maximum atomic E-state index is 14.9. The highest BCUT2D eigenvalue weighted by Crippen LogP contribution is 2.39. The first-order chi connectivity index (χ1) is 13.8. The molecule has 6 nitrogen and oxygen atoms in total. The van der Waals surface area contributed by atoms with Gasteiger partial charge in [-0.2, -0.15) is 5.10 Å². The van der Waals surface area contributed by atoms with Crippen molar-refractivity contribution in [3.63, 3.8) is 0 Å². The monoisotopic (exact) mass is 528 g/mol. The second-order valence-corrected chi connectivity index (χ2v) is 7.29. The average molecular weight is 530 g/mol. The fourth-order valence-electron chi connectivity index (χ4n) is 2.71. The van der Waals surface area contributed by atoms with Gasteiger partial charge in [-0.1, -0.05) is 18.2 Å². The zero-order chi connectivity index (χ0) is 21.3. The van der Waals surface area contributed by atoms with Crippen LogP contribution in [0.5, 0.6) is 0 Å². The first kappa shape index (κ1) is 21.1. The molecule has 0 aliphatic rings. The molecule has 10 heteroatoms. The van der Waals surface area contributed by atoms with Crippen molar-refractivity contribution in [3.8, 4) is 16.9 Å². The zero-order valence-corrected chi connectivity index (χ0v) is 18.2. The van der Waals surface area contributed by atoms with Gasteiger partial charge in [0.25, 0.3) is 0 Å². The lowest BCUT2D eigenvalue weighted by Gasteiger charge is -2.08. The van der Waals surface area contributed by atoms with Crippen molar-refractivity contribution in [1.82, 2.24) is 9.78 Å². The molecule has 0 amide bonds. The van der Waals surface area contributed by atoms with E-state index in [0.717, 1.165) is 25.0 Å². The number of ether oxygens (including phenoxy) is 2. The van der Waals surface area contributed by atoms with Crippen LogP contribution >= 0.6 is 31.9 Å². The minimum absolute atomic E-state index is 0.00465. The molecule has 0 saturated heterocycles.